The van der Waals surface area contributed by atoms with E-state index in [4.69, 9.17) is 16.5 Å². The molecule has 0 unspecified atom stereocenters. The number of hydrogen-bond acceptors (Lipinski definition) is 4. The van der Waals surface area contributed by atoms with Crippen LogP contribution in [0.1, 0.15) is 37.2 Å². The highest BCUT2D eigenvalue weighted by atomic mass is 16.1. The van der Waals surface area contributed by atoms with Crippen molar-refractivity contribution >= 4 is 5.78 Å². The molecule has 2 aliphatic rings. The smallest absolute Gasteiger partial charge is 0.226 e. The molecule has 5 nitrogen and oxygen atoms in total. The van der Waals surface area contributed by atoms with E-state index in [-0.39, 0.29) is 23.3 Å². The topological polar surface area (TPSA) is 60.1 Å². The zero-order chi connectivity index (χ0) is 18.5. The Morgan fingerprint density at radius 1 is 1.27 bits per heavy atom. The van der Waals surface area contributed by atoms with E-state index in [2.05, 4.69) is 16.8 Å². The van der Waals surface area contributed by atoms with Gasteiger partial charge in [-0.3, -0.25) is 4.98 Å². The Hall–Kier alpha value is -2.87. The number of pyridine rings is 1. The maximum atomic E-state index is 12.5. The minimum atomic E-state index is -0.420. The lowest BCUT2D eigenvalue weighted by atomic mass is 9.58. The molecule has 5 heteroatoms. The van der Waals surface area contributed by atoms with Crippen LogP contribution in [0.15, 0.2) is 36.3 Å². The molecule has 0 spiro atoms. The van der Waals surface area contributed by atoms with Gasteiger partial charge in [0, 0.05) is 35.0 Å². The Kier molecular flexibility index (Phi) is 3.73. The Bertz CT molecular complexity index is 973. The van der Waals surface area contributed by atoms with Crippen molar-refractivity contribution in [3.8, 4) is 11.4 Å². The van der Waals surface area contributed by atoms with E-state index in [1.807, 2.05) is 32.1 Å². The second kappa shape index (κ2) is 5.84. The summed E-state index contributed by atoms with van der Waals surface area (Å²) in [6.07, 6.45) is 7.11. The molecule has 0 radical (unpaired) electrons. The van der Waals surface area contributed by atoms with Gasteiger partial charge >= 0.3 is 0 Å². The molecule has 2 heterocycles. The van der Waals surface area contributed by atoms with E-state index in [1.54, 1.807) is 12.4 Å². The molecule has 0 saturated carbocycles. The molecular formula is C21H20N4O. The highest BCUT2D eigenvalue weighted by molar-refractivity contribution is 6.00. The monoisotopic (exact) mass is 344 g/mol. The summed E-state index contributed by atoms with van der Waals surface area (Å²) in [5.74, 6) is 0.633. The Labute approximate surface area is 153 Å². The number of rotatable bonds is 1. The lowest BCUT2D eigenvalue weighted by Crippen LogP contribution is -2.46. The zero-order valence-corrected chi connectivity index (χ0v) is 15.2. The number of fused-ring (bicyclic) bond motifs is 3. The van der Waals surface area contributed by atoms with Crippen LogP contribution in [-0.2, 0) is 16.6 Å². The third-order valence-corrected chi connectivity index (χ3v) is 5.96. The molecule has 3 atom stereocenters. The highest BCUT2D eigenvalue weighted by Crippen LogP contribution is 2.50. The van der Waals surface area contributed by atoms with Crippen LogP contribution in [0.2, 0.25) is 0 Å². The molecule has 2 aliphatic carbocycles. The van der Waals surface area contributed by atoms with Crippen molar-refractivity contribution in [1.82, 2.24) is 15.0 Å². The minimum absolute atomic E-state index is 0.0361. The molecule has 26 heavy (non-hydrogen) atoms. The molecule has 0 amide bonds. The number of Topliss-reactive ketones (excluding diaryl/α,β-unsaturated/α-hetero) is 1. The number of nitrogens with zero attached hydrogens (tertiary/aromatic N) is 4. The van der Waals surface area contributed by atoms with Crippen LogP contribution in [0.5, 0.6) is 0 Å². The quantitative estimate of drug-likeness (QED) is 0.740. The fourth-order valence-corrected chi connectivity index (χ4v) is 4.55. The van der Waals surface area contributed by atoms with Gasteiger partial charge in [-0.05, 0) is 43.4 Å². The number of allylic oxidation sites excluding steroid dienone is 2. The van der Waals surface area contributed by atoms with Gasteiger partial charge in [-0.1, -0.05) is 19.9 Å². The first kappa shape index (κ1) is 16.6. The van der Waals surface area contributed by atoms with Crippen LogP contribution in [0.25, 0.3) is 16.2 Å². The van der Waals surface area contributed by atoms with Gasteiger partial charge in [-0.15, -0.1) is 0 Å². The fourth-order valence-electron chi connectivity index (χ4n) is 4.55. The third-order valence-electron chi connectivity index (χ3n) is 5.96. The number of carbonyl (C=O) groups excluding carboxylic acids is 1. The number of aryl methyl sites for hydroxylation is 1. The second-order valence-corrected chi connectivity index (χ2v) is 7.42. The van der Waals surface area contributed by atoms with E-state index in [9.17, 15) is 4.79 Å². The minimum Gasteiger partial charge on any atom is -0.308 e. The lowest BCUT2D eigenvalue weighted by molar-refractivity contribution is -0.121. The predicted molar refractivity (Wildman–Crippen MR) is 98.0 cm³/mol. The molecule has 2 aromatic heterocycles. The first-order chi connectivity index (χ1) is 12.5. The summed E-state index contributed by atoms with van der Waals surface area (Å²) in [4.78, 5) is 29.7. The van der Waals surface area contributed by atoms with E-state index < -0.39 is 5.41 Å². The van der Waals surface area contributed by atoms with Crippen molar-refractivity contribution in [2.75, 3.05) is 0 Å². The largest absolute Gasteiger partial charge is 0.308 e. The lowest BCUT2D eigenvalue weighted by Gasteiger charge is -2.46. The second-order valence-electron chi connectivity index (χ2n) is 7.42. The van der Waals surface area contributed by atoms with Gasteiger partial charge in [-0.25, -0.2) is 14.8 Å². The van der Waals surface area contributed by atoms with E-state index in [1.165, 1.54) is 0 Å². The molecule has 0 aromatic carbocycles. The van der Waals surface area contributed by atoms with Gasteiger partial charge in [0.25, 0.3) is 0 Å². The Morgan fingerprint density at radius 3 is 2.69 bits per heavy atom. The third kappa shape index (κ3) is 2.29. The first-order valence-corrected chi connectivity index (χ1v) is 8.88. The van der Waals surface area contributed by atoms with Crippen molar-refractivity contribution < 1.29 is 4.79 Å². The molecule has 0 aliphatic heterocycles. The normalized spacial score (nSPS) is 27.2. The summed E-state index contributed by atoms with van der Waals surface area (Å²) < 4.78 is 0. The number of ketones is 1. The van der Waals surface area contributed by atoms with Gasteiger partial charge in [0.2, 0.25) is 5.70 Å². The molecule has 0 saturated heterocycles. The standard InChI is InChI=1S/C21H20N4O/c1-12-16-6-5-15-13(2)24-20(14-7-9-23-10-8-14)25-19(15)21(16,3)11-17(22-4)18(12)26/h7-12,16H,5-6H2,1-3H3/t12-,16-,21-/m1/s1. The molecule has 130 valence electrons. The van der Waals surface area contributed by atoms with Gasteiger partial charge in [0.15, 0.2) is 11.6 Å². The molecule has 0 N–H and O–H groups in total. The van der Waals surface area contributed by atoms with Crippen LogP contribution in [-0.4, -0.2) is 20.7 Å². The maximum Gasteiger partial charge on any atom is 0.226 e. The van der Waals surface area contributed by atoms with Gasteiger partial charge in [0.1, 0.15) is 0 Å². The average molecular weight is 344 g/mol. The average Bonchev–Trinajstić information content (AvgIpc) is 2.65. The van der Waals surface area contributed by atoms with Crippen LogP contribution >= 0.6 is 0 Å². The van der Waals surface area contributed by atoms with Crippen molar-refractivity contribution in [3.05, 3.63) is 64.7 Å². The van der Waals surface area contributed by atoms with Crippen LogP contribution < -0.4 is 0 Å². The van der Waals surface area contributed by atoms with Gasteiger partial charge in [0.05, 0.1) is 12.3 Å². The van der Waals surface area contributed by atoms with Gasteiger partial charge < -0.3 is 4.79 Å². The van der Waals surface area contributed by atoms with E-state index in [0.29, 0.717) is 5.82 Å². The number of carbonyl (C=O) groups is 1. The summed E-state index contributed by atoms with van der Waals surface area (Å²) in [5, 5.41) is 0. The van der Waals surface area contributed by atoms with E-state index in [0.717, 1.165) is 35.4 Å². The fraction of sp³-hybridized carbons (Fsp3) is 0.381. The zero-order valence-electron chi connectivity index (χ0n) is 15.2. The summed E-state index contributed by atoms with van der Waals surface area (Å²) >= 11 is 0. The molecule has 4 rings (SSSR count). The van der Waals surface area contributed by atoms with Crippen molar-refractivity contribution in [2.24, 2.45) is 11.8 Å². The van der Waals surface area contributed by atoms with Crippen LogP contribution in [0.4, 0.5) is 0 Å². The van der Waals surface area contributed by atoms with Gasteiger partial charge in [-0.2, -0.15) is 0 Å². The summed E-state index contributed by atoms with van der Waals surface area (Å²) in [5.41, 5.74) is 3.84. The van der Waals surface area contributed by atoms with Crippen molar-refractivity contribution in [3.63, 3.8) is 0 Å². The summed E-state index contributed by atoms with van der Waals surface area (Å²) in [6.45, 7) is 13.5. The number of hydrogen-bond donors (Lipinski definition) is 0. The molecule has 2 aromatic rings. The summed E-state index contributed by atoms with van der Waals surface area (Å²) in [6, 6.07) is 3.80. The number of aromatic nitrogens is 3. The highest BCUT2D eigenvalue weighted by Gasteiger charge is 2.49. The summed E-state index contributed by atoms with van der Waals surface area (Å²) in [7, 11) is 0. The van der Waals surface area contributed by atoms with E-state index >= 15 is 0 Å². The Balaban J connectivity index is 1.96. The first-order valence-electron chi connectivity index (χ1n) is 8.88. The SMILES string of the molecule is [C-]#[N+]C1=C[C@@]2(C)c3nc(-c4ccncc4)nc(C)c3CC[C@@H]2[C@@H](C)C1=O. The predicted octanol–water partition coefficient (Wildman–Crippen LogP) is 3.69. The molecular weight excluding hydrogens is 324 g/mol. The van der Waals surface area contributed by atoms with Crippen LogP contribution in [0.3, 0.4) is 0 Å². The molecule has 0 bridgehead atoms. The molecule has 0 fully saturated rings. The van der Waals surface area contributed by atoms with Crippen molar-refractivity contribution in [1.29, 1.82) is 0 Å². The van der Waals surface area contributed by atoms with Crippen molar-refractivity contribution in [2.45, 2.75) is 39.0 Å². The van der Waals surface area contributed by atoms with Crippen LogP contribution in [0, 0.1) is 25.3 Å². The maximum absolute atomic E-state index is 12.5. The Morgan fingerprint density at radius 2 is 2.00 bits per heavy atom.